The van der Waals surface area contributed by atoms with Crippen LogP contribution in [-0.4, -0.2) is 20.7 Å². The van der Waals surface area contributed by atoms with E-state index in [-0.39, 0.29) is 0 Å². The van der Waals surface area contributed by atoms with Crippen molar-refractivity contribution < 1.29 is 4.79 Å². The molecule has 0 spiro atoms. The molecular formula is C12H14N4O. The Hall–Kier alpha value is -2.17. The van der Waals surface area contributed by atoms with E-state index in [1.165, 1.54) is 0 Å². The third kappa shape index (κ3) is 2.50. The van der Waals surface area contributed by atoms with Gasteiger partial charge in [-0.2, -0.15) is 5.10 Å². The maximum Gasteiger partial charge on any atom is 0.248 e. The molecule has 1 amide bonds. The molecule has 5 nitrogen and oxygen atoms in total. The predicted molar refractivity (Wildman–Crippen MR) is 63.5 cm³/mol. The SMILES string of the molecule is Cc1nc(Cc2ccc(C(N)=O)cc2)nn1C. The molecular weight excluding hydrogens is 216 g/mol. The maximum atomic E-state index is 10.9. The molecule has 0 aliphatic heterocycles. The quantitative estimate of drug-likeness (QED) is 0.848. The van der Waals surface area contributed by atoms with Gasteiger partial charge in [-0.25, -0.2) is 4.98 Å². The maximum absolute atomic E-state index is 10.9. The number of rotatable bonds is 3. The fraction of sp³-hybridized carbons (Fsp3) is 0.250. The number of nitrogens with two attached hydrogens (primary N) is 1. The van der Waals surface area contributed by atoms with Crippen LogP contribution in [0.5, 0.6) is 0 Å². The Labute approximate surface area is 99.3 Å². The first-order valence-electron chi connectivity index (χ1n) is 5.31. The highest BCUT2D eigenvalue weighted by Gasteiger charge is 2.05. The Bertz CT molecular complexity index is 523. The van der Waals surface area contributed by atoms with Crippen LogP contribution in [0.1, 0.15) is 27.6 Å². The Morgan fingerprint density at radius 3 is 2.47 bits per heavy atom. The Kier molecular flexibility index (Phi) is 2.91. The van der Waals surface area contributed by atoms with E-state index in [2.05, 4.69) is 10.1 Å². The van der Waals surface area contributed by atoms with Gasteiger partial charge in [-0.1, -0.05) is 12.1 Å². The Morgan fingerprint density at radius 1 is 1.35 bits per heavy atom. The fourth-order valence-corrected chi connectivity index (χ4v) is 1.57. The molecule has 0 aliphatic carbocycles. The predicted octanol–water partition coefficient (Wildman–Crippen LogP) is 0.813. The molecule has 0 atom stereocenters. The molecule has 2 rings (SSSR count). The van der Waals surface area contributed by atoms with Crippen LogP contribution >= 0.6 is 0 Å². The minimum absolute atomic E-state index is 0.414. The van der Waals surface area contributed by atoms with Crippen molar-refractivity contribution in [2.24, 2.45) is 12.8 Å². The molecule has 17 heavy (non-hydrogen) atoms. The zero-order valence-corrected chi connectivity index (χ0v) is 9.84. The lowest BCUT2D eigenvalue weighted by Gasteiger charge is -1.99. The second-order valence-electron chi connectivity index (χ2n) is 3.94. The first-order chi connectivity index (χ1) is 8.06. The van der Waals surface area contributed by atoms with Gasteiger partial charge in [0.25, 0.3) is 0 Å². The molecule has 0 fully saturated rings. The van der Waals surface area contributed by atoms with Gasteiger partial charge >= 0.3 is 0 Å². The first kappa shape index (κ1) is 11.3. The molecule has 0 saturated carbocycles. The molecule has 0 aliphatic rings. The van der Waals surface area contributed by atoms with E-state index in [9.17, 15) is 4.79 Å². The van der Waals surface area contributed by atoms with Crippen LogP contribution < -0.4 is 5.73 Å². The van der Waals surface area contributed by atoms with Crippen molar-refractivity contribution in [3.8, 4) is 0 Å². The van der Waals surface area contributed by atoms with Gasteiger partial charge in [0.2, 0.25) is 5.91 Å². The summed E-state index contributed by atoms with van der Waals surface area (Å²) in [6, 6.07) is 7.17. The third-order valence-corrected chi connectivity index (χ3v) is 2.63. The highest BCUT2D eigenvalue weighted by molar-refractivity contribution is 5.92. The van der Waals surface area contributed by atoms with Gasteiger partial charge in [-0.15, -0.1) is 0 Å². The molecule has 0 unspecified atom stereocenters. The average molecular weight is 230 g/mol. The van der Waals surface area contributed by atoms with Crippen LogP contribution in [0.3, 0.4) is 0 Å². The highest BCUT2D eigenvalue weighted by atomic mass is 16.1. The lowest BCUT2D eigenvalue weighted by Crippen LogP contribution is -2.10. The number of aromatic nitrogens is 3. The highest BCUT2D eigenvalue weighted by Crippen LogP contribution is 2.08. The number of hydrogen-bond donors (Lipinski definition) is 1. The minimum Gasteiger partial charge on any atom is -0.366 e. The van der Waals surface area contributed by atoms with E-state index in [4.69, 9.17) is 5.73 Å². The minimum atomic E-state index is -0.414. The Morgan fingerprint density at radius 2 is 2.00 bits per heavy atom. The number of amides is 1. The number of nitrogens with zero attached hydrogens (tertiary/aromatic N) is 3. The number of carbonyl (C=O) groups is 1. The largest absolute Gasteiger partial charge is 0.366 e. The third-order valence-electron chi connectivity index (χ3n) is 2.63. The number of aryl methyl sites for hydroxylation is 2. The summed E-state index contributed by atoms with van der Waals surface area (Å²) in [7, 11) is 1.86. The lowest BCUT2D eigenvalue weighted by molar-refractivity contribution is 0.100. The van der Waals surface area contributed by atoms with Gasteiger partial charge in [0.15, 0.2) is 5.82 Å². The average Bonchev–Trinajstić information content (AvgIpc) is 2.58. The fourth-order valence-electron chi connectivity index (χ4n) is 1.57. The van der Waals surface area contributed by atoms with Crippen LogP contribution in [0.4, 0.5) is 0 Å². The number of benzene rings is 1. The molecule has 0 bridgehead atoms. The van der Waals surface area contributed by atoms with Gasteiger partial charge < -0.3 is 5.73 Å². The first-order valence-corrected chi connectivity index (χ1v) is 5.31. The number of hydrogen-bond acceptors (Lipinski definition) is 3. The standard InChI is InChI=1S/C12H14N4O/c1-8-14-11(15-16(8)2)7-9-3-5-10(6-4-9)12(13)17/h3-6H,7H2,1-2H3,(H2,13,17). The molecule has 0 radical (unpaired) electrons. The number of carbonyl (C=O) groups excluding carboxylic acids is 1. The molecule has 88 valence electrons. The van der Waals surface area contributed by atoms with Gasteiger partial charge in [-0.05, 0) is 24.6 Å². The molecule has 1 heterocycles. The van der Waals surface area contributed by atoms with Crippen molar-refractivity contribution in [2.75, 3.05) is 0 Å². The molecule has 2 N–H and O–H groups in total. The van der Waals surface area contributed by atoms with Crippen molar-refractivity contribution in [3.05, 3.63) is 47.0 Å². The zero-order valence-electron chi connectivity index (χ0n) is 9.84. The summed E-state index contributed by atoms with van der Waals surface area (Å²) in [4.78, 5) is 15.2. The summed E-state index contributed by atoms with van der Waals surface area (Å²) in [5.41, 5.74) is 6.74. The van der Waals surface area contributed by atoms with Gasteiger partial charge in [0.05, 0.1) is 0 Å². The van der Waals surface area contributed by atoms with Gasteiger partial charge in [0, 0.05) is 19.0 Å². The molecule has 5 heteroatoms. The summed E-state index contributed by atoms with van der Waals surface area (Å²) in [5, 5.41) is 4.28. The van der Waals surface area contributed by atoms with E-state index in [0.29, 0.717) is 12.0 Å². The molecule has 1 aromatic carbocycles. The van der Waals surface area contributed by atoms with E-state index in [1.807, 2.05) is 26.1 Å². The van der Waals surface area contributed by atoms with E-state index < -0.39 is 5.91 Å². The zero-order chi connectivity index (χ0) is 12.4. The summed E-state index contributed by atoms with van der Waals surface area (Å²) >= 11 is 0. The van der Waals surface area contributed by atoms with Crippen LogP contribution in [-0.2, 0) is 13.5 Å². The van der Waals surface area contributed by atoms with Crippen molar-refractivity contribution >= 4 is 5.91 Å². The normalized spacial score (nSPS) is 10.5. The summed E-state index contributed by atoms with van der Waals surface area (Å²) in [5.74, 6) is 1.24. The van der Waals surface area contributed by atoms with Crippen molar-refractivity contribution in [3.63, 3.8) is 0 Å². The van der Waals surface area contributed by atoms with E-state index in [1.54, 1.807) is 16.8 Å². The topological polar surface area (TPSA) is 73.8 Å². The van der Waals surface area contributed by atoms with Crippen LogP contribution in [0.25, 0.3) is 0 Å². The summed E-state index contributed by atoms with van der Waals surface area (Å²) < 4.78 is 1.74. The lowest BCUT2D eigenvalue weighted by atomic mass is 10.1. The summed E-state index contributed by atoms with van der Waals surface area (Å²) in [6.45, 7) is 1.91. The molecule has 0 saturated heterocycles. The van der Waals surface area contributed by atoms with Crippen LogP contribution in [0, 0.1) is 6.92 Å². The van der Waals surface area contributed by atoms with Crippen molar-refractivity contribution in [1.82, 2.24) is 14.8 Å². The van der Waals surface area contributed by atoms with Gasteiger partial charge in [0.1, 0.15) is 5.82 Å². The summed E-state index contributed by atoms with van der Waals surface area (Å²) in [6.07, 6.45) is 0.653. The molecule has 2 aromatic rings. The van der Waals surface area contributed by atoms with Crippen molar-refractivity contribution in [2.45, 2.75) is 13.3 Å². The number of primary amides is 1. The smallest absolute Gasteiger partial charge is 0.248 e. The van der Waals surface area contributed by atoms with Gasteiger partial charge in [-0.3, -0.25) is 9.48 Å². The second-order valence-corrected chi connectivity index (χ2v) is 3.94. The van der Waals surface area contributed by atoms with Crippen LogP contribution in [0.2, 0.25) is 0 Å². The Balaban J connectivity index is 2.16. The van der Waals surface area contributed by atoms with Crippen molar-refractivity contribution in [1.29, 1.82) is 0 Å². The molecule has 1 aromatic heterocycles. The monoisotopic (exact) mass is 230 g/mol. The van der Waals surface area contributed by atoms with E-state index >= 15 is 0 Å². The van der Waals surface area contributed by atoms with Crippen LogP contribution in [0.15, 0.2) is 24.3 Å². The second kappa shape index (κ2) is 4.37. The van der Waals surface area contributed by atoms with E-state index in [0.717, 1.165) is 17.2 Å².